The number of carbonyl (C=O) groups excluding carboxylic acids is 2. The number of amides is 2. The Morgan fingerprint density at radius 1 is 0.914 bits per heavy atom. The van der Waals surface area contributed by atoms with E-state index in [9.17, 15) is 14.4 Å². The minimum atomic E-state index is -0.974. The van der Waals surface area contributed by atoms with Crippen LogP contribution in [0.25, 0.3) is 11.1 Å². The van der Waals surface area contributed by atoms with E-state index < -0.39 is 18.1 Å². The Bertz CT molecular complexity index is 1190. The molecule has 0 spiro atoms. The van der Waals surface area contributed by atoms with E-state index in [1.54, 1.807) is 19.1 Å². The van der Waals surface area contributed by atoms with Crippen molar-refractivity contribution in [2.45, 2.75) is 31.7 Å². The monoisotopic (exact) mass is 472 g/mol. The van der Waals surface area contributed by atoms with Gasteiger partial charge in [0.25, 0.3) is 5.91 Å². The topological polar surface area (TPSA) is 105 Å². The van der Waals surface area contributed by atoms with E-state index in [1.807, 2.05) is 36.4 Å². The van der Waals surface area contributed by atoms with Crippen molar-refractivity contribution in [3.63, 3.8) is 0 Å². The molecule has 0 bridgehead atoms. The third-order valence-electron chi connectivity index (χ3n) is 6.13. The molecule has 0 saturated carbocycles. The van der Waals surface area contributed by atoms with Gasteiger partial charge in [0, 0.05) is 24.1 Å². The summed E-state index contributed by atoms with van der Waals surface area (Å²) in [5.74, 6) is -1.32. The molecule has 1 unspecified atom stereocenters. The summed E-state index contributed by atoms with van der Waals surface area (Å²) in [6, 6.07) is 22.9. The molecule has 3 aromatic carbocycles. The van der Waals surface area contributed by atoms with Gasteiger partial charge in [-0.25, -0.2) is 4.79 Å². The highest BCUT2D eigenvalue weighted by molar-refractivity contribution is 5.96. The summed E-state index contributed by atoms with van der Waals surface area (Å²) in [4.78, 5) is 35.9. The molecule has 7 heteroatoms. The summed E-state index contributed by atoms with van der Waals surface area (Å²) in [5.41, 5.74) is 5.86. The average Bonchev–Trinajstić information content (AvgIpc) is 3.16. The molecule has 0 heterocycles. The molecule has 0 radical (unpaired) electrons. The van der Waals surface area contributed by atoms with Gasteiger partial charge in [0.2, 0.25) is 0 Å². The number of aliphatic carboxylic acids is 1. The highest BCUT2D eigenvalue weighted by Crippen LogP contribution is 2.44. The van der Waals surface area contributed by atoms with Crippen LogP contribution in [0.15, 0.2) is 72.8 Å². The van der Waals surface area contributed by atoms with Crippen LogP contribution in [0.1, 0.15) is 46.3 Å². The standard InChI is InChI=1S/C28H28N2O5/c1-18(16-26(31)32)30-27(33)20-9-3-2-8-19(20)14-15-29-28(34)35-17-25-23-12-6-4-10-21(23)22-11-5-7-13-24(22)25/h2-13,18,25H,14-17H2,1H3,(H,29,34)(H,30,33)(H,31,32). The number of alkyl carbamates (subject to hydrolysis) is 1. The van der Waals surface area contributed by atoms with E-state index >= 15 is 0 Å². The van der Waals surface area contributed by atoms with Gasteiger partial charge in [-0.2, -0.15) is 0 Å². The predicted octanol–water partition coefficient (Wildman–Crippen LogP) is 4.36. The zero-order chi connectivity index (χ0) is 24.8. The first-order valence-electron chi connectivity index (χ1n) is 11.6. The molecule has 4 rings (SSSR count). The van der Waals surface area contributed by atoms with Gasteiger partial charge in [-0.3, -0.25) is 9.59 Å². The number of nitrogens with one attached hydrogen (secondary N) is 2. The lowest BCUT2D eigenvalue weighted by atomic mass is 9.98. The number of hydrogen-bond donors (Lipinski definition) is 3. The first-order valence-corrected chi connectivity index (χ1v) is 11.6. The minimum absolute atomic E-state index is 0.00892. The SMILES string of the molecule is CC(CC(=O)O)NC(=O)c1ccccc1CCNC(=O)OCC1c2ccccc2-c2ccccc21. The molecule has 35 heavy (non-hydrogen) atoms. The Morgan fingerprint density at radius 3 is 2.17 bits per heavy atom. The molecule has 7 nitrogen and oxygen atoms in total. The lowest BCUT2D eigenvalue weighted by Crippen LogP contribution is -2.35. The van der Waals surface area contributed by atoms with Crippen molar-refractivity contribution >= 4 is 18.0 Å². The van der Waals surface area contributed by atoms with E-state index in [-0.39, 0.29) is 24.9 Å². The maximum Gasteiger partial charge on any atom is 0.407 e. The molecule has 3 N–H and O–H groups in total. The van der Waals surface area contributed by atoms with Gasteiger partial charge in [-0.05, 0) is 47.2 Å². The number of fused-ring (bicyclic) bond motifs is 3. The highest BCUT2D eigenvalue weighted by Gasteiger charge is 2.29. The van der Waals surface area contributed by atoms with E-state index in [4.69, 9.17) is 9.84 Å². The van der Waals surface area contributed by atoms with Gasteiger partial charge in [0.1, 0.15) is 6.61 Å². The zero-order valence-electron chi connectivity index (χ0n) is 19.5. The van der Waals surface area contributed by atoms with Gasteiger partial charge in [0.05, 0.1) is 6.42 Å². The first kappa shape index (κ1) is 24.0. The van der Waals surface area contributed by atoms with Crippen LogP contribution in [-0.4, -0.2) is 42.3 Å². The van der Waals surface area contributed by atoms with Crippen LogP contribution in [0.2, 0.25) is 0 Å². The Kier molecular flexibility index (Phi) is 7.45. The fourth-order valence-electron chi connectivity index (χ4n) is 4.52. The van der Waals surface area contributed by atoms with Crippen molar-refractivity contribution in [3.05, 3.63) is 95.1 Å². The normalized spacial score (nSPS) is 12.8. The summed E-state index contributed by atoms with van der Waals surface area (Å²) in [6.07, 6.45) is -0.234. The largest absolute Gasteiger partial charge is 0.481 e. The number of carboxylic acid groups (broad SMARTS) is 1. The zero-order valence-corrected chi connectivity index (χ0v) is 19.5. The molecule has 1 atom stereocenters. The van der Waals surface area contributed by atoms with Crippen LogP contribution in [0.4, 0.5) is 4.79 Å². The molecule has 3 aromatic rings. The van der Waals surface area contributed by atoms with Crippen LogP contribution in [-0.2, 0) is 16.0 Å². The molecule has 1 aliphatic rings. The van der Waals surface area contributed by atoms with Crippen LogP contribution in [0.5, 0.6) is 0 Å². The van der Waals surface area contributed by atoms with Crippen molar-refractivity contribution in [1.29, 1.82) is 0 Å². The van der Waals surface area contributed by atoms with Crippen molar-refractivity contribution in [2.75, 3.05) is 13.2 Å². The molecule has 1 aliphatic carbocycles. The van der Waals surface area contributed by atoms with Crippen LogP contribution < -0.4 is 10.6 Å². The Hall–Kier alpha value is -4.13. The van der Waals surface area contributed by atoms with E-state index in [2.05, 4.69) is 34.9 Å². The van der Waals surface area contributed by atoms with Gasteiger partial charge in [-0.15, -0.1) is 0 Å². The fourth-order valence-corrected chi connectivity index (χ4v) is 4.52. The fraction of sp³-hybridized carbons (Fsp3) is 0.250. The minimum Gasteiger partial charge on any atom is -0.481 e. The molecule has 2 amide bonds. The second kappa shape index (κ2) is 10.9. The Labute approximate surface area is 204 Å². The van der Waals surface area contributed by atoms with Crippen LogP contribution in [0, 0.1) is 0 Å². The number of carboxylic acids is 1. The highest BCUT2D eigenvalue weighted by atomic mass is 16.5. The second-order valence-corrected chi connectivity index (χ2v) is 8.63. The average molecular weight is 473 g/mol. The maximum absolute atomic E-state index is 12.6. The molecule has 0 saturated heterocycles. The first-order chi connectivity index (χ1) is 16.9. The second-order valence-electron chi connectivity index (χ2n) is 8.63. The third-order valence-corrected chi connectivity index (χ3v) is 6.13. The van der Waals surface area contributed by atoms with Crippen LogP contribution in [0.3, 0.4) is 0 Å². The Morgan fingerprint density at radius 2 is 1.51 bits per heavy atom. The number of rotatable bonds is 9. The third kappa shape index (κ3) is 5.69. The summed E-state index contributed by atoms with van der Waals surface area (Å²) in [5, 5.41) is 14.4. The Balaban J connectivity index is 1.31. The van der Waals surface area contributed by atoms with Crippen molar-refractivity contribution < 1.29 is 24.2 Å². The van der Waals surface area contributed by atoms with Gasteiger partial charge >= 0.3 is 12.1 Å². The number of hydrogen-bond acceptors (Lipinski definition) is 4. The molecule has 0 aliphatic heterocycles. The summed E-state index contributed by atoms with van der Waals surface area (Å²) >= 11 is 0. The number of ether oxygens (including phenoxy) is 1. The van der Waals surface area contributed by atoms with E-state index in [0.717, 1.165) is 16.7 Å². The number of carbonyl (C=O) groups is 3. The maximum atomic E-state index is 12.6. The predicted molar refractivity (Wildman–Crippen MR) is 132 cm³/mol. The van der Waals surface area contributed by atoms with Gasteiger partial charge < -0.3 is 20.5 Å². The quantitative estimate of drug-likeness (QED) is 0.429. The van der Waals surface area contributed by atoms with Crippen molar-refractivity contribution in [3.8, 4) is 11.1 Å². The van der Waals surface area contributed by atoms with Crippen molar-refractivity contribution in [2.24, 2.45) is 0 Å². The molecule has 0 aromatic heterocycles. The van der Waals surface area contributed by atoms with Crippen LogP contribution >= 0.6 is 0 Å². The van der Waals surface area contributed by atoms with E-state index in [0.29, 0.717) is 18.5 Å². The van der Waals surface area contributed by atoms with Gasteiger partial charge in [-0.1, -0.05) is 66.7 Å². The molecule has 180 valence electrons. The lowest BCUT2D eigenvalue weighted by Gasteiger charge is -2.15. The summed E-state index contributed by atoms with van der Waals surface area (Å²) in [6.45, 7) is 2.18. The molecule has 0 fully saturated rings. The summed E-state index contributed by atoms with van der Waals surface area (Å²) in [7, 11) is 0. The van der Waals surface area contributed by atoms with Gasteiger partial charge in [0.15, 0.2) is 0 Å². The van der Waals surface area contributed by atoms with Crippen molar-refractivity contribution in [1.82, 2.24) is 10.6 Å². The smallest absolute Gasteiger partial charge is 0.407 e. The molecular formula is C28H28N2O5. The lowest BCUT2D eigenvalue weighted by molar-refractivity contribution is -0.137. The summed E-state index contributed by atoms with van der Waals surface area (Å²) < 4.78 is 5.56. The molecular weight excluding hydrogens is 444 g/mol. The van der Waals surface area contributed by atoms with E-state index in [1.165, 1.54) is 11.1 Å². The number of benzene rings is 3.